The van der Waals surface area contributed by atoms with Crippen molar-refractivity contribution in [3.8, 4) is 0 Å². The molecule has 6 heteroatoms. The van der Waals surface area contributed by atoms with Gasteiger partial charge in [0.05, 0.1) is 0 Å². The van der Waals surface area contributed by atoms with Gasteiger partial charge >= 0.3 is 17.9 Å². The number of carbonyl (C=O) groups excluding carboxylic acids is 3. The first-order valence-corrected chi connectivity index (χ1v) is 29.3. The average molecular weight is 1010 g/mol. The van der Waals surface area contributed by atoms with Crippen LogP contribution in [0.4, 0.5) is 0 Å². The van der Waals surface area contributed by atoms with E-state index in [2.05, 4.69) is 154 Å². The molecule has 0 heterocycles. The second-order valence-corrected chi connectivity index (χ2v) is 18.8. The summed E-state index contributed by atoms with van der Waals surface area (Å²) in [5.41, 5.74) is 0. The van der Waals surface area contributed by atoms with Crippen LogP contribution < -0.4 is 0 Å². The maximum atomic E-state index is 12.8. The Morgan fingerprint density at radius 2 is 0.521 bits per heavy atom. The third kappa shape index (κ3) is 58.1. The molecule has 1 unspecified atom stereocenters. The molecule has 6 nitrogen and oxygen atoms in total. The zero-order chi connectivity index (χ0) is 52.9. The Balaban J connectivity index is 4.30. The molecule has 0 aromatic heterocycles. The summed E-state index contributed by atoms with van der Waals surface area (Å²) >= 11 is 0. The fraction of sp³-hybridized carbons (Fsp3) is 0.597. The fourth-order valence-electron chi connectivity index (χ4n) is 7.56. The molecule has 0 fully saturated rings. The van der Waals surface area contributed by atoms with E-state index in [-0.39, 0.29) is 31.6 Å². The quantitative estimate of drug-likeness (QED) is 0.0261. The summed E-state index contributed by atoms with van der Waals surface area (Å²) in [4.78, 5) is 38.1. The molecule has 0 N–H and O–H groups in total. The van der Waals surface area contributed by atoms with Gasteiger partial charge in [-0.2, -0.15) is 0 Å². The molecule has 0 saturated heterocycles. The zero-order valence-corrected chi connectivity index (χ0v) is 46.8. The molecule has 0 saturated carbocycles. The molecule has 0 aliphatic rings. The number of ether oxygens (including phenoxy) is 3. The first kappa shape index (κ1) is 68.3. The molecule has 0 bridgehead atoms. The van der Waals surface area contributed by atoms with Crippen LogP contribution in [0.15, 0.2) is 146 Å². The smallest absolute Gasteiger partial charge is 0.306 e. The minimum absolute atomic E-state index is 0.121. The van der Waals surface area contributed by atoms with Gasteiger partial charge in [0.1, 0.15) is 13.2 Å². The van der Waals surface area contributed by atoms with Gasteiger partial charge in [0, 0.05) is 19.3 Å². The predicted octanol–water partition coefficient (Wildman–Crippen LogP) is 20.0. The molecule has 1 atom stereocenters. The Labute approximate surface area is 448 Å². The van der Waals surface area contributed by atoms with Crippen molar-refractivity contribution in [3.05, 3.63) is 146 Å². The Bertz CT molecular complexity index is 1630. The van der Waals surface area contributed by atoms with E-state index in [1.54, 1.807) is 0 Å². The predicted molar refractivity (Wildman–Crippen MR) is 315 cm³/mol. The molecular weight excluding hydrogens is 901 g/mol. The van der Waals surface area contributed by atoms with Crippen LogP contribution in [0.3, 0.4) is 0 Å². The van der Waals surface area contributed by atoms with Crippen molar-refractivity contribution in [2.45, 2.75) is 245 Å². The molecular formula is C67H106O6. The lowest BCUT2D eigenvalue weighted by atomic mass is 10.0. The van der Waals surface area contributed by atoms with Gasteiger partial charge < -0.3 is 14.2 Å². The Morgan fingerprint density at radius 1 is 0.274 bits per heavy atom. The van der Waals surface area contributed by atoms with Crippen LogP contribution in [-0.4, -0.2) is 37.2 Å². The highest BCUT2D eigenvalue weighted by molar-refractivity contribution is 5.71. The van der Waals surface area contributed by atoms with Crippen molar-refractivity contribution in [1.82, 2.24) is 0 Å². The molecule has 0 radical (unpaired) electrons. The van der Waals surface area contributed by atoms with Crippen molar-refractivity contribution >= 4 is 17.9 Å². The standard InChI is InChI=1S/C67H106O6/c1-4-7-10-13-16-19-22-25-26-27-28-29-30-31-32-33-34-35-36-37-38-39-40-43-45-48-51-54-57-60-66(69)72-63-64(73-67(70)61-58-55-52-49-46-42-24-21-18-15-12-9-6-3)62-71-65(68)59-56-53-50-47-44-41-23-20-17-14-11-8-5-2/h7-12,16-21,25-26,28-29,31-32,41-42,44,46,52,55,64H,4-6,13-15,22-24,27,30,33-40,43,45,47-51,53-54,56-63H2,1-3H3/b10-7-,11-8-,12-9-,19-16-,20-17-,21-18-,26-25-,29-28-,32-31-,44-41-,46-42-,55-52-. The molecule has 0 rings (SSSR count). The Morgan fingerprint density at radius 3 is 0.836 bits per heavy atom. The van der Waals surface area contributed by atoms with Crippen LogP contribution in [0.25, 0.3) is 0 Å². The number of carbonyl (C=O) groups is 3. The van der Waals surface area contributed by atoms with E-state index in [4.69, 9.17) is 14.2 Å². The lowest BCUT2D eigenvalue weighted by Gasteiger charge is -2.18. The number of rotatable bonds is 51. The first-order chi connectivity index (χ1) is 36.0. The molecule has 0 aliphatic carbocycles. The number of unbranched alkanes of at least 4 members (excludes halogenated alkanes) is 16. The summed E-state index contributed by atoms with van der Waals surface area (Å²) in [6.45, 7) is 6.19. The van der Waals surface area contributed by atoms with Crippen molar-refractivity contribution in [3.63, 3.8) is 0 Å². The highest BCUT2D eigenvalue weighted by Crippen LogP contribution is 2.15. The Hall–Kier alpha value is -4.71. The fourth-order valence-corrected chi connectivity index (χ4v) is 7.56. The van der Waals surface area contributed by atoms with Crippen molar-refractivity contribution < 1.29 is 28.6 Å². The van der Waals surface area contributed by atoms with Gasteiger partial charge in [-0.25, -0.2) is 0 Å². The summed E-state index contributed by atoms with van der Waals surface area (Å²) < 4.78 is 16.7. The van der Waals surface area contributed by atoms with Crippen LogP contribution in [0, 0.1) is 0 Å². The molecule has 0 aromatic rings. The summed E-state index contributed by atoms with van der Waals surface area (Å²) in [5.74, 6) is -1.04. The van der Waals surface area contributed by atoms with Crippen LogP contribution in [0.2, 0.25) is 0 Å². The van der Waals surface area contributed by atoms with Crippen LogP contribution in [0.1, 0.15) is 239 Å². The monoisotopic (exact) mass is 1010 g/mol. The van der Waals surface area contributed by atoms with Gasteiger partial charge in [-0.3, -0.25) is 14.4 Å². The third-order valence-corrected chi connectivity index (χ3v) is 11.8. The van der Waals surface area contributed by atoms with Crippen LogP contribution >= 0.6 is 0 Å². The van der Waals surface area contributed by atoms with Gasteiger partial charge in [0.25, 0.3) is 0 Å². The van der Waals surface area contributed by atoms with Crippen LogP contribution in [0.5, 0.6) is 0 Å². The molecule has 410 valence electrons. The van der Waals surface area contributed by atoms with Crippen molar-refractivity contribution in [1.29, 1.82) is 0 Å². The topological polar surface area (TPSA) is 78.9 Å². The molecule has 0 amide bonds. The summed E-state index contributed by atoms with van der Waals surface area (Å²) in [6, 6.07) is 0. The summed E-state index contributed by atoms with van der Waals surface area (Å²) in [6.07, 6.45) is 85.9. The average Bonchev–Trinajstić information content (AvgIpc) is 3.39. The third-order valence-electron chi connectivity index (χ3n) is 11.8. The molecule has 0 spiro atoms. The maximum absolute atomic E-state index is 12.8. The van der Waals surface area contributed by atoms with Gasteiger partial charge in [-0.05, 0) is 122 Å². The minimum atomic E-state index is -0.833. The van der Waals surface area contributed by atoms with E-state index in [0.29, 0.717) is 19.3 Å². The van der Waals surface area contributed by atoms with E-state index < -0.39 is 12.1 Å². The zero-order valence-electron chi connectivity index (χ0n) is 46.8. The second-order valence-electron chi connectivity index (χ2n) is 18.8. The van der Waals surface area contributed by atoms with Crippen molar-refractivity contribution in [2.75, 3.05) is 13.2 Å². The van der Waals surface area contributed by atoms with Gasteiger partial charge in [0.2, 0.25) is 0 Å². The van der Waals surface area contributed by atoms with Gasteiger partial charge in [0.15, 0.2) is 6.10 Å². The van der Waals surface area contributed by atoms with Crippen LogP contribution in [-0.2, 0) is 28.6 Å². The second kappa shape index (κ2) is 59.8. The summed E-state index contributed by atoms with van der Waals surface area (Å²) in [7, 11) is 0. The van der Waals surface area contributed by atoms with E-state index in [1.807, 2.05) is 12.2 Å². The van der Waals surface area contributed by atoms with E-state index in [1.165, 1.54) is 70.6 Å². The lowest BCUT2D eigenvalue weighted by molar-refractivity contribution is -0.166. The SMILES string of the molecule is CC/C=C\C/C=C\C/C=C\C/C=C\C/C=C\CCCCCCCCCCCCCCCC(=O)OCC(COC(=O)CCCCC/C=C\C/C=C\C/C=C\CC)OC(=O)CC/C=C\C/C=C\C/C=C\C/C=C\CC. The van der Waals surface area contributed by atoms with Crippen molar-refractivity contribution in [2.24, 2.45) is 0 Å². The molecule has 73 heavy (non-hydrogen) atoms. The first-order valence-electron chi connectivity index (χ1n) is 29.3. The van der Waals surface area contributed by atoms with E-state index >= 15 is 0 Å². The highest BCUT2D eigenvalue weighted by Gasteiger charge is 2.19. The maximum Gasteiger partial charge on any atom is 0.306 e. The summed E-state index contributed by atoms with van der Waals surface area (Å²) in [5, 5.41) is 0. The largest absolute Gasteiger partial charge is 0.462 e. The van der Waals surface area contributed by atoms with Gasteiger partial charge in [-0.1, -0.05) is 244 Å². The Kier molecular flexibility index (Phi) is 56.0. The molecule has 0 aliphatic heterocycles. The van der Waals surface area contributed by atoms with E-state index in [9.17, 15) is 14.4 Å². The molecule has 0 aromatic carbocycles. The number of hydrogen-bond acceptors (Lipinski definition) is 6. The highest BCUT2D eigenvalue weighted by atomic mass is 16.6. The minimum Gasteiger partial charge on any atom is -0.462 e. The van der Waals surface area contributed by atoms with Gasteiger partial charge in [-0.15, -0.1) is 0 Å². The van der Waals surface area contributed by atoms with E-state index in [0.717, 1.165) is 122 Å². The lowest BCUT2D eigenvalue weighted by Crippen LogP contribution is -2.30. The normalized spacial score (nSPS) is 13.2. The number of hydrogen-bond donors (Lipinski definition) is 0. The number of esters is 3. The number of allylic oxidation sites excluding steroid dienone is 24.